The molecule has 6 nitrogen and oxygen atoms in total. The number of hydrogen-bond donors (Lipinski definition) is 1. The molecule has 1 aliphatic heterocycles. The van der Waals surface area contributed by atoms with Crippen molar-refractivity contribution in [3.63, 3.8) is 0 Å². The van der Waals surface area contributed by atoms with Crippen LogP contribution in [0.3, 0.4) is 0 Å². The Morgan fingerprint density at radius 1 is 1.39 bits per heavy atom. The van der Waals surface area contributed by atoms with Crippen molar-refractivity contribution in [3.8, 4) is 0 Å². The maximum absolute atomic E-state index is 12.3. The summed E-state index contributed by atoms with van der Waals surface area (Å²) in [6.45, 7) is 4.10. The lowest BCUT2D eigenvalue weighted by Crippen LogP contribution is -2.52. The second kappa shape index (κ2) is 5.67. The number of morpholine rings is 1. The Hall–Kier alpha value is -1.14. The van der Waals surface area contributed by atoms with Crippen LogP contribution in [0.1, 0.15) is 19.8 Å². The highest BCUT2D eigenvalue weighted by atomic mass is 16.5. The number of carboxylic acid groups (broad SMARTS) is 1. The van der Waals surface area contributed by atoms with Gasteiger partial charge in [0.2, 0.25) is 5.91 Å². The highest BCUT2D eigenvalue weighted by molar-refractivity contribution is 5.82. The number of amides is 1. The van der Waals surface area contributed by atoms with E-state index in [4.69, 9.17) is 9.84 Å². The van der Waals surface area contributed by atoms with E-state index in [-0.39, 0.29) is 24.5 Å². The predicted octanol–water partition coefficient (Wildman–Crippen LogP) is -0.217. The lowest BCUT2D eigenvalue weighted by Gasteiger charge is -2.33. The normalized spacial score (nSPS) is 22.0. The van der Waals surface area contributed by atoms with Crippen molar-refractivity contribution in [3.05, 3.63) is 0 Å². The Bertz CT molecular complexity index is 324. The van der Waals surface area contributed by atoms with E-state index in [0.717, 1.165) is 12.8 Å². The van der Waals surface area contributed by atoms with Crippen LogP contribution in [0.25, 0.3) is 0 Å². The van der Waals surface area contributed by atoms with Gasteiger partial charge in [0.1, 0.15) is 0 Å². The van der Waals surface area contributed by atoms with Crippen LogP contribution in [-0.2, 0) is 14.3 Å². The van der Waals surface area contributed by atoms with Crippen molar-refractivity contribution in [1.29, 1.82) is 0 Å². The van der Waals surface area contributed by atoms with Crippen LogP contribution >= 0.6 is 0 Å². The number of aliphatic carboxylic acids is 1. The number of carbonyl (C=O) groups is 2. The fraction of sp³-hybridized carbons (Fsp3) is 0.833. The van der Waals surface area contributed by atoms with Gasteiger partial charge in [0.25, 0.3) is 0 Å². The van der Waals surface area contributed by atoms with E-state index in [1.165, 1.54) is 0 Å². The second-order valence-corrected chi connectivity index (χ2v) is 4.91. The zero-order valence-corrected chi connectivity index (χ0v) is 10.7. The van der Waals surface area contributed by atoms with Crippen molar-refractivity contribution in [2.24, 2.45) is 0 Å². The third kappa shape index (κ3) is 3.20. The largest absolute Gasteiger partial charge is 0.480 e. The van der Waals surface area contributed by atoms with Gasteiger partial charge in [-0.3, -0.25) is 14.5 Å². The molecule has 0 aromatic carbocycles. The molecule has 1 unspecified atom stereocenters. The van der Waals surface area contributed by atoms with Crippen molar-refractivity contribution in [1.82, 2.24) is 9.80 Å². The highest BCUT2D eigenvalue weighted by Gasteiger charge is 2.37. The van der Waals surface area contributed by atoms with Crippen LogP contribution in [0, 0.1) is 0 Å². The molecular weight excluding hydrogens is 236 g/mol. The molecule has 2 fully saturated rings. The molecule has 0 aromatic rings. The Morgan fingerprint density at radius 2 is 2.00 bits per heavy atom. The topological polar surface area (TPSA) is 70.1 Å². The van der Waals surface area contributed by atoms with Crippen LogP contribution in [-0.4, -0.2) is 71.7 Å². The molecule has 2 aliphatic rings. The quantitative estimate of drug-likeness (QED) is 0.736. The first-order chi connectivity index (χ1) is 8.59. The summed E-state index contributed by atoms with van der Waals surface area (Å²) in [5.74, 6) is -0.852. The lowest BCUT2D eigenvalue weighted by molar-refractivity contribution is -0.144. The minimum atomic E-state index is -0.872. The van der Waals surface area contributed by atoms with E-state index < -0.39 is 5.97 Å². The van der Waals surface area contributed by atoms with Gasteiger partial charge < -0.3 is 14.7 Å². The summed E-state index contributed by atoms with van der Waals surface area (Å²) >= 11 is 0. The maximum Gasteiger partial charge on any atom is 0.317 e. The van der Waals surface area contributed by atoms with Crippen molar-refractivity contribution >= 4 is 11.9 Å². The number of ether oxygens (including phenoxy) is 1. The predicted molar refractivity (Wildman–Crippen MR) is 64.2 cm³/mol. The molecule has 1 saturated carbocycles. The number of nitrogens with zero attached hydrogens (tertiary/aromatic N) is 2. The van der Waals surface area contributed by atoms with Crippen LogP contribution in [0.15, 0.2) is 0 Å². The second-order valence-electron chi connectivity index (χ2n) is 4.91. The fourth-order valence-corrected chi connectivity index (χ4v) is 2.33. The average molecular weight is 256 g/mol. The minimum Gasteiger partial charge on any atom is -0.480 e. The summed E-state index contributed by atoms with van der Waals surface area (Å²) in [6, 6.07) is -0.0900. The van der Waals surface area contributed by atoms with E-state index in [9.17, 15) is 9.59 Å². The standard InChI is InChI=1S/C12H20N2O4/c1-9(12(17)13-4-6-18-7-5-13)14(8-11(15)16)10-2-3-10/h9-10H,2-8H2,1H3,(H,15,16). The molecule has 6 heteroatoms. The summed E-state index contributed by atoms with van der Waals surface area (Å²) in [6.07, 6.45) is 1.99. The molecule has 0 bridgehead atoms. The SMILES string of the molecule is CC(C(=O)N1CCOCC1)N(CC(=O)O)C1CC1. The number of carboxylic acids is 1. The summed E-state index contributed by atoms with van der Waals surface area (Å²) in [5, 5.41) is 8.91. The Kier molecular flexibility index (Phi) is 4.19. The van der Waals surface area contributed by atoms with E-state index >= 15 is 0 Å². The van der Waals surface area contributed by atoms with Crippen molar-refractivity contribution in [2.75, 3.05) is 32.8 Å². The third-order valence-electron chi connectivity index (χ3n) is 3.51. The van der Waals surface area contributed by atoms with E-state index in [0.29, 0.717) is 26.3 Å². The van der Waals surface area contributed by atoms with Gasteiger partial charge in [-0.05, 0) is 19.8 Å². The first-order valence-electron chi connectivity index (χ1n) is 6.43. The molecule has 18 heavy (non-hydrogen) atoms. The van der Waals surface area contributed by atoms with E-state index in [1.807, 2.05) is 0 Å². The summed E-state index contributed by atoms with van der Waals surface area (Å²) in [7, 11) is 0. The van der Waals surface area contributed by atoms with Gasteiger partial charge >= 0.3 is 5.97 Å². The van der Waals surface area contributed by atoms with Crippen molar-refractivity contribution in [2.45, 2.75) is 31.8 Å². The molecule has 0 aromatic heterocycles. The molecule has 1 amide bonds. The molecule has 0 spiro atoms. The van der Waals surface area contributed by atoms with Gasteiger partial charge in [-0.15, -0.1) is 0 Å². The smallest absolute Gasteiger partial charge is 0.317 e. The molecule has 1 saturated heterocycles. The average Bonchev–Trinajstić information content (AvgIpc) is 3.19. The fourth-order valence-electron chi connectivity index (χ4n) is 2.33. The molecule has 2 rings (SSSR count). The van der Waals surface area contributed by atoms with Crippen LogP contribution < -0.4 is 0 Å². The van der Waals surface area contributed by atoms with Gasteiger partial charge in [0.15, 0.2) is 0 Å². The van der Waals surface area contributed by atoms with Gasteiger partial charge in [-0.1, -0.05) is 0 Å². The summed E-state index contributed by atoms with van der Waals surface area (Å²) in [5.41, 5.74) is 0. The maximum atomic E-state index is 12.3. The van der Waals surface area contributed by atoms with Gasteiger partial charge in [0.05, 0.1) is 25.8 Å². The Balaban J connectivity index is 1.95. The van der Waals surface area contributed by atoms with E-state index in [1.54, 1.807) is 16.7 Å². The van der Waals surface area contributed by atoms with Gasteiger partial charge in [-0.25, -0.2) is 0 Å². The molecule has 102 valence electrons. The summed E-state index contributed by atoms with van der Waals surface area (Å²) in [4.78, 5) is 26.7. The Morgan fingerprint density at radius 3 is 2.50 bits per heavy atom. The third-order valence-corrected chi connectivity index (χ3v) is 3.51. The highest BCUT2D eigenvalue weighted by Crippen LogP contribution is 2.28. The van der Waals surface area contributed by atoms with Crippen LogP contribution in [0.2, 0.25) is 0 Å². The zero-order valence-electron chi connectivity index (χ0n) is 10.7. The Labute approximate surface area is 106 Å². The lowest BCUT2D eigenvalue weighted by atomic mass is 10.2. The zero-order chi connectivity index (χ0) is 13.1. The molecular formula is C12H20N2O4. The van der Waals surface area contributed by atoms with Crippen LogP contribution in [0.4, 0.5) is 0 Å². The van der Waals surface area contributed by atoms with Gasteiger partial charge in [-0.2, -0.15) is 0 Å². The van der Waals surface area contributed by atoms with E-state index in [2.05, 4.69) is 0 Å². The molecule has 1 N–H and O–H groups in total. The summed E-state index contributed by atoms with van der Waals surface area (Å²) < 4.78 is 5.21. The number of carbonyl (C=O) groups excluding carboxylic acids is 1. The molecule has 1 aliphatic carbocycles. The molecule has 1 heterocycles. The number of hydrogen-bond acceptors (Lipinski definition) is 4. The minimum absolute atomic E-state index is 0.0199. The van der Waals surface area contributed by atoms with Gasteiger partial charge in [0, 0.05) is 19.1 Å². The first-order valence-corrected chi connectivity index (χ1v) is 6.43. The van der Waals surface area contributed by atoms with Crippen LogP contribution in [0.5, 0.6) is 0 Å². The number of rotatable bonds is 5. The molecule has 0 radical (unpaired) electrons. The molecule has 1 atom stereocenters. The first kappa shape index (κ1) is 13.3. The monoisotopic (exact) mass is 256 g/mol. The van der Waals surface area contributed by atoms with Crippen molar-refractivity contribution < 1.29 is 19.4 Å².